The third-order valence-corrected chi connectivity index (χ3v) is 3.05. The lowest BCUT2D eigenvalue weighted by molar-refractivity contribution is -0.141. The molecule has 4 N–H and O–H groups in total. The van der Waals surface area contributed by atoms with Crippen LogP contribution in [-0.2, 0) is 22.6 Å². The highest BCUT2D eigenvalue weighted by molar-refractivity contribution is 5.85. The molecule has 11 heteroatoms. The highest BCUT2D eigenvalue weighted by Crippen LogP contribution is 2.10. The molecule has 0 saturated heterocycles. The number of nitrogen functional groups attached to an aromatic ring is 1. The quantitative estimate of drug-likeness (QED) is 0.476. The second-order valence-corrected chi connectivity index (χ2v) is 4.89. The first kappa shape index (κ1) is 20.2. The molecule has 0 unspecified atom stereocenters. The van der Waals surface area contributed by atoms with Crippen LogP contribution in [0.25, 0.3) is 0 Å². The van der Waals surface area contributed by atoms with Gasteiger partial charge < -0.3 is 20.7 Å². The minimum atomic E-state index is -0.502. The predicted octanol–water partition coefficient (Wildman–Crippen LogP) is 0.479. The van der Waals surface area contributed by atoms with Crippen LogP contribution in [0.4, 0.5) is 10.5 Å². The molecule has 1 heterocycles. The smallest absolute Gasteiger partial charge is 0.325 e. The number of halogens is 1. The molecule has 0 atom stereocenters. The first-order valence-electron chi connectivity index (χ1n) is 7.33. The molecule has 0 saturated carbocycles. The number of esters is 1. The van der Waals surface area contributed by atoms with Crippen molar-refractivity contribution in [1.29, 1.82) is 0 Å². The number of aromatic nitrogens is 4. The van der Waals surface area contributed by atoms with Crippen LogP contribution >= 0.6 is 12.4 Å². The largest absolute Gasteiger partial charge is 0.465 e. The summed E-state index contributed by atoms with van der Waals surface area (Å²) in [5.41, 5.74) is 7.17. The van der Waals surface area contributed by atoms with Gasteiger partial charge in [0.1, 0.15) is 6.54 Å². The highest BCUT2D eigenvalue weighted by atomic mass is 35.5. The summed E-state index contributed by atoms with van der Waals surface area (Å²) in [7, 11) is 0. The Morgan fingerprint density at radius 1 is 1.28 bits per heavy atom. The Morgan fingerprint density at radius 2 is 2.00 bits per heavy atom. The number of hydrogen-bond acceptors (Lipinski definition) is 7. The van der Waals surface area contributed by atoms with Gasteiger partial charge in [0.05, 0.1) is 13.2 Å². The van der Waals surface area contributed by atoms with E-state index in [4.69, 9.17) is 10.5 Å². The number of aromatic amines is 1. The number of ether oxygens (including phenoxy) is 1. The molecular weight excluding hydrogens is 350 g/mol. The van der Waals surface area contributed by atoms with E-state index in [1.165, 1.54) is 4.90 Å². The lowest BCUT2D eigenvalue weighted by Crippen LogP contribution is -2.41. The number of nitrogens with one attached hydrogen (secondary N) is 2. The second-order valence-electron chi connectivity index (χ2n) is 4.89. The summed E-state index contributed by atoms with van der Waals surface area (Å²) in [4.78, 5) is 25.2. The maximum Gasteiger partial charge on any atom is 0.325 e. The standard InChI is InChI=1S/C14H19N7O3.ClH/c1-2-24-13(22)7-16-14(23)21(9-12-17-19-20-18-12)8-10-3-5-11(15)6-4-10;/h3-6H,2,7-9,15H2,1H3,(H,16,23)(H,17,18,19,20);1H. The van der Waals surface area contributed by atoms with Crippen molar-refractivity contribution in [3.8, 4) is 0 Å². The summed E-state index contributed by atoms with van der Waals surface area (Å²) in [5.74, 6) is -0.144. The van der Waals surface area contributed by atoms with Crippen molar-refractivity contribution in [3.05, 3.63) is 35.7 Å². The maximum absolute atomic E-state index is 12.3. The van der Waals surface area contributed by atoms with Crippen molar-refractivity contribution in [2.24, 2.45) is 0 Å². The Hall–Kier alpha value is -2.88. The van der Waals surface area contributed by atoms with Gasteiger partial charge in [0.2, 0.25) is 0 Å². The van der Waals surface area contributed by atoms with E-state index in [0.29, 0.717) is 18.1 Å². The van der Waals surface area contributed by atoms with Gasteiger partial charge in [0.25, 0.3) is 0 Å². The van der Waals surface area contributed by atoms with Gasteiger partial charge in [0, 0.05) is 12.2 Å². The lowest BCUT2D eigenvalue weighted by atomic mass is 10.2. The number of carbonyl (C=O) groups is 2. The molecule has 10 nitrogen and oxygen atoms in total. The van der Waals surface area contributed by atoms with E-state index in [2.05, 4.69) is 25.9 Å². The van der Waals surface area contributed by atoms with Gasteiger partial charge in [-0.1, -0.05) is 17.3 Å². The number of amides is 2. The summed E-state index contributed by atoms with van der Waals surface area (Å²) in [6.07, 6.45) is 0. The molecule has 2 amide bonds. The van der Waals surface area contributed by atoms with Gasteiger partial charge in [-0.3, -0.25) is 4.79 Å². The molecule has 2 aromatic rings. The molecular formula is C14H20ClN7O3. The SMILES string of the molecule is CCOC(=O)CNC(=O)N(Cc1ccc(N)cc1)Cc1nn[nH]n1.Cl. The fraction of sp³-hybridized carbons (Fsp3) is 0.357. The minimum absolute atomic E-state index is 0. The fourth-order valence-corrected chi connectivity index (χ4v) is 1.93. The summed E-state index contributed by atoms with van der Waals surface area (Å²) in [6.45, 7) is 2.17. The van der Waals surface area contributed by atoms with E-state index < -0.39 is 12.0 Å². The number of anilines is 1. The topological polar surface area (TPSA) is 139 Å². The van der Waals surface area contributed by atoms with Gasteiger partial charge in [-0.05, 0) is 24.6 Å². The number of rotatable bonds is 7. The second kappa shape index (κ2) is 10.1. The molecule has 136 valence electrons. The van der Waals surface area contributed by atoms with Crippen molar-refractivity contribution >= 4 is 30.1 Å². The van der Waals surface area contributed by atoms with Gasteiger partial charge in [-0.25, -0.2) is 4.79 Å². The van der Waals surface area contributed by atoms with Crippen molar-refractivity contribution < 1.29 is 14.3 Å². The number of benzene rings is 1. The zero-order valence-corrected chi connectivity index (χ0v) is 14.5. The zero-order chi connectivity index (χ0) is 17.4. The van der Waals surface area contributed by atoms with Crippen LogP contribution in [0.5, 0.6) is 0 Å². The predicted molar refractivity (Wildman–Crippen MR) is 91.6 cm³/mol. The molecule has 25 heavy (non-hydrogen) atoms. The van der Waals surface area contributed by atoms with E-state index in [-0.39, 0.29) is 32.1 Å². The first-order valence-corrected chi connectivity index (χ1v) is 7.33. The molecule has 0 aliphatic rings. The molecule has 0 bridgehead atoms. The van der Waals surface area contributed by atoms with E-state index in [9.17, 15) is 9.59 Å². The van der Waals surface area contributed by atoms with Gasteiger partial charge in [-0.15, -0.1) is 22.6 Å². The average molecular weight is 370 g/mol. The van der Waals surface area contributed by atoms with Crippen molar-refractivity contribution in [2.75, 3.05) is 18.9 Å². The number of urea groups is 1. The van der Waals surface area contributed by atoms with Gasteiger partial charge in [0.15, 0.2) is 5.82 Å². The van der Waals surface area contributed by atoms with Crippen LogP contribution in [-0.4, -0.2) is 50.7 Å². The van der Waals surface area contributed by atoms with Crippen LogP contribution in [0, 0.1) is 0 Å². The molecule has 0 radical (unpaired) electrons. The zero-order valence-electron chi connectivity index (χ0n) is 13.6. The number of hydrogen-bond donors (Lipinski definition) is 3. The normalized spacial score (nSPS) is 9.80. The first-order chi connectivity index (χ1) is 11.6. The summed E-state index contributed by atoms with van der Waals surface area (Å²) < 4.78 is 4.78. The third-order valence-electron chi connectivity index (χ3n) is 3.05. The number of nitrogens with zero attached hydrogens (tertiary/aromatic N) is 4. The Kier molecular flexibility index (Phi) is 8.13. The number of tetrazole rings is 1. The van der Waals surface area contributed by atoms with E-state index in [1.807, 2.05) is 12.1 Å². The van der Waals surface area contributed by atoms with Crippen LogP contribution in [0.2, 0.25) is 0 Å². The number of nitrogens with two attached hydrogens (primary N) is 1. The summed E-state index contributed by atoms with van der Waals surface area (Å²) in [5, 5.41) is 16.0. The third kappa shape index (κ3) is 6.63. The molecule has 0 spiro atoms. The van der Waals surface area contributed by atoms with Crippen LogP contribution in [0.3, 0.4) is 0 Å². The summed E-state index contributed by atoms with van der Waals surface area (Å²) >= 11 is 0. The number of H-pyrrole nitrogens is 1. The monoisotopic (exact) mass is 369 g/mol. The maximum atomic E-state index is 12.3. The van der Waals surface area contributed by atoms with Crippen molar-refractivity contribution in [2.45, 2.75) is 20.0 Å². The molecule has 0 aliphatic heterocycles. The average Bonchev–Trinajstić information content (AvgIpc) is 3.07. The van der Waals surface area contributed by atoms with Crippen molar-refractivity contribution in [1.82, 2.24) is 30.8 Å². The Bertz CT molecular complexity index is 664. The van der Waals surface area contributed by atoms with Gasteiger partial charge >= 0.3 is 12.0 Å². The molecule has 0 aliphatic carbocycles. The van der Waals surface area contributed by atoms with Crippen LogP contribution < -0.4 is 11.1 Å². The van der Waals surface area contributed by atoms with E-state index in [0.717, 1.165) is 5.56 Å². The van der Waals surface area contributed by atoms with Gasteiger partial charge in [-0.2, -0.15) is 5.21 Å². The molecule has 1 aromatic heterocycles. The highest BCUT2D eigenvalue weighted by Gasteiger charge is 2.17. The van der Waals surface area contributed by atoms with E-state index >= 15 is 0 Å². The summed E-state index contributed by atoms with van der Waals surface area (Å²) in [6, 6.07) is 6.69. The molecule has 1 aromatic carbocycles. The Morgan fingerprint density at radius 3 is 2.60 bits per heavy atom. The molecule has 0 fully saturated rings. The Balaban J connectivity index is 0.00000312. The van der Waals surface area contributed by atoms with Crippen molar-refractivity contribution in [3.63, 3.8) is 0 Å². The van der Waals surface area contributed by atoms with E-state index in [1.54, 1.807) is 19.1 Å². The Labute approximate surface area is 150 Å². The van der Waals surface area contributed by atoms with Crippen LogP contribution in [0.1, 0.15) is 18.3 Å². The van der Waals surface area contributed by atoms with Crippen LogP contribution in [0.15, 0.2) is 24.3 Å². The molecule has 2 rings (SSSR count). The lowest BCUT2D eigenvalue weighted by Gasteiger charge is -2.21. The fourth-order valence-electron chi connectivity index (χ4n) is 1.93. The minimum Gasteiger partial charge on any atom is -0.465 e. The number of carbonyl (C=O) groups excluding carboxylic acids is 2.